The summed E-state index contributed by atoms with van der Waals surface area (Å²) < 4.78 is 18.1. The summed E-state index contributed by atoms with van der Waals surface area (Å²) in [6.07, 6.45) is 0. The van der Waals surface area contributed by atoms with Crippen molar-refractivity contribution in [3.05, 3.63) is 35.6 Å². The minimum absolute atomic E-state index is 0.253. The maximum atomic E-state index is 12.8. The molecule has 1 aliphatic heterocycles. The Labute approximate surface area is 152 Å². The van der Waals surface area contributed by atoms with Crippen molar-refractivity contribution in [3.63, 3.8) is 0 Å². The van der Waals surface area contributed by atoms with E-state index in [4.69, 9.17) is 29.2 Å². The molecule has 0 spiro atoms. The first-order chi connectivity index (χ1) is 11.6. The van der Waals surface area contributed by atoms with Crippen molar-refractivity contribution in [2.45, 2.75) is 6.54 Å². The Balaban J connectivity index is 1.53. The summed E-state index contributed by atoms with van der Waals surface area (Å²) in [5.74, 6) is -0.253. The van der Waals surface area contributed by atoms with Crippen LogP contribution in [0.5, 0.6) is 0 Å². The zero-order valence-corrected chi connectivity index (χ0v) is 15.0. The first-order valence-electron chi connectivity index (χ1n) is 7.87. The zero-order chi connectivity index (χ0) is 17.2. The van der Waals surface area contributed by atoms with E-state index in [9.17, 15) is 4.39 Å². The fourth-order valence-electron chi connectivity index (χ4n) is 2.25. The summed E-state index contributed by atoms with van der Waals surface area (Å²) in [5, 5.41) is 7.06. The molecule has 1 aliphatic rings. The molecular formula is C15H23FN5OS2+. The van der Waals surface area contributed by atoms with Gasteiger partial charge in [0, 0.05) is 6.54 Å². The number of quaternary nitrogens is 1. The van der Waals surface area contributed by atoms with E-state index in [1.54, 1.807) is 12.1 Å². The number of nitrogens with one attached hydrogen (secondary N) is 5. The molecule has 132 valence electrons. The van der Waals surface area contributed by atoms with Gasteiger partial charge in [0.05, 0.1) is 26.3 Å². The van der Waals surface area contributed by atoms with Gasteiger partial charge in [0.15, 0.2) is 10.2 Å². The van der Waals surface area contributed by atoms with Crippen LogP contribution >= 0.6 is 24.4 Å². The van der Waals surface area contributed by atoms with E-state index in [2.05, 4.69) is 21.5 Å². The lowest BCUT2D eigenvalue weighted by molar-refractivity contribution is -0.906. The van der Waals surface area contributed by atoms with Crippen molar-refractivity contribution in [1.29, 1.82) is 0 Å². The largest absolute Gasteiger partial charge is 0.370 e. The first-order valence-corrected chi connectivity index (χ1v) is 8.68. The molecular weight excluding hydrogens is 349 g/mol. The molecule has 1 aromatic carbocycles. The molecule has 0 bridgehead atoms. The third kappa shape index (κ3) is 7.35. The Morgan fingerprint density at radius 1 is 1.04 bits per heavy atom. The van der Waals surface area contributed by atoms with E-state index >= 15 is 0 Å². The molecule has 0 amide bonds. The second-order valence-electron chi connectivity index (χ2n) is 5.43. The van der Waals surface area contributed by atoms with Gasteiger partial charge in [0.25, 0.3) is 0 Å². The van der Waals surface area contributed by atoms with Crippen molar-refractivity contribution >= 4 is 34.7 Å². The second-order valence-corrected chi connectivity index (χ2v) is 6.24. The van der Waals surface area contributed by atoms with Crippen LogP contribution in [0.1, 0.15) is 5.56 Å². The number of rotatable bonds is 5. The number of morpholine rings is 1. The van der Waals surface area contributed by atoms with Gasteiger partial charge in [-0.15, -0.1) is 0 Å². The van der Waals surface area contributed by atoms with E-state index in [1.807, 2.05) is 0 Å². The minimum Gasteiger partial charge on any atom is -0.370 e. The highest BCUT2D eigenvalue weighted by atomic mass is 32.1. The highest BCUT2D eigenvalue weighted by Gasteiger charge is 2.12. The predicted molar refractivity (Wildman–Crippen MR) is 99.1 cm³/mol. The molecule has 5 N–H and O–H groups in total. The van der Waals surface area contributed by atoms with Crippen LogP contribution < -0.4 is 26.4 Å². The SMILES string of the molecule is Fc1ccc(CNC(=S)NNC(=S)NCC[NH+]2CCOCC2)cc1. The van der Waals surface area contributed by atoms with Crippen LogP contribution in [0, 0.1) is 5.82 Å². The summed E-state index contributed by atoms with van der Waals surface area (Å²) >= 11 is 10.3. The van der Waals surface area contributed by atoms with E-state index < -0.39 is 0 Å². The predicted octanol–water partition coefficient (Wildman–Crippen LogP) is -0.916. The van der Waals surface area contributed by atoms with Crippen molar-refractivity contribution < 1.29 is 14.0 Å². The van der Waals surface area contributed by atoms with Crippen molar-refractivity contribution in [2.24, 2.45) is 0 Å². The summed E-state index contributed by atoms with van der Waals surface area (Å²) in [5.41, 5.74) is 6.60. The Morgan fingerprint density at radius 3 is 2.33 bits per heavy atom. The number of hydrazine groups is 1. The summed E-state index contributed by atoms with van der Waals surface area (Å²) in [6.45, 7) is 6.03. The molecule has 2 rings (SSSR count). The highest BCUT2D eigenvalue weighted by Crippen LogP contribution is 2.01. The number of hydrogen-bond acceptors (Lipinski definition) is 3. The summed E-state index contributed by atoms with van der Waals surface area (Å²) in [4.78, 5) is 1.51. The third-order valence-corrected chi connectivity index (χ3v) is 4.11. The van der Waals surface area contributed by atoms with Crippen LogP contribution in [-0.2, 0) is 11.3 Å². The van der Waals surface area contributed by atoms with Crippen LogP contribution in [0.2, 0.25) is 0 Å². The van der Waals surface area contributed by atoms with Gasteiger partial charge in [-0.05, 0) is 42.1 Å². The number of hydrogen-bond donors (Lipinski definition) is 5. The number of thiocarbonyl (C=S) groups is 2. The molecule has 0 atom stereocenters. The van der Waals surface area contributed by atoms with Gasteiger partial charge in [-0.1, -0.05) is 12.1 Å². The number of ether oxygens (including phenoxy) is 1. The Bertz CT molecular complexity index is 537. The average molecular weight is 373 g/mol. The Morgan fingerprint density at radius 2 is 1.67 bits per heavy atom. The fraction of sp³-hybridized carbons (Fsp3) is 0.467. The molecule has 0 unspecified atom stereocenters. The zero-order valence-electron chi connectivity index (χ0n) is 13.4. The van der Waals surface area contributed by atoms with Crippen LogP contribution in [0.25, 0.3) is 0 Å². The average Bonchev–Trinajstić information content (AvgIpc) is 2.60. The highest BCUT2D eigenvalue weighted by molar-refractivity contribution is 7.80. The topological polar surface area (TPSA) is 61.8 Å². The van der Waals surface area contributed by atoms with E-state index in [-0.39, 0.29) is 5.82 Å². The number of halogens is 1. The van der Waals surface area contributed by atoms with Crippen LogP contribution in [0.15, 0.2) is 24.3 Å². The lowest BCUT2D eigenvalue weighted by atomic mass is 10.2. The molecule has 0 aliphatic carbocycles. The molecule has 0 aromatic heterocycles. The molecule has 1 aromatic rings. The van der Waals surface area contributed by atoms with Crippen molar-refractivity contribution in [2.75, 3.05) is 39.4 Å². The lowest BCUT2D eigenvalue weighted by Gasteiger charge is -2.24. The van der Waals surface area contributed by atoms with Crippen molar-refractivity contribution in [3.8, 4) is 0 Å². The smallest absolute Gasteiger partial charge is 0.185 e. The number of benzene rings is 1. The maximum absolute atomic E-state index is 12.8. The fourth-order valence-corrected chi connectivity index (χ4v) is 2.53. The molecule has 9 heteroatoms. The monoisotopic (exact) mass is 372 g/mol. The third-order valence-electron chi connectivity index (χ3n) is 3.62. The van der Waals surface area contributed by atoms with Crippen LogP contribution in [-0.4, -0.2) is 49.6 Å². The van der Waals surface area contributed by atoms with E-state index in [0.717, 1.165) is 45.0 Å². The van der Waals surface area contributed by atoms with Gasteiger partial charge in [0.2, 0.25) is 0 Å². The van der Waals surface area contributed by atoms with Gasteiger partial charge < -0.3 is 20.3 Å². The summed E-state index contributed by atoms with van der Waals surface area (Å²) in [6, 6.07) is 6.25. The Hall–Kier alpha value is -1.55. The minimum atomic E-state index is -0.253. The second kappa shape index (κ2) is 10.3. The Kier molecular flexibility index (Phi) is 8.10. The van der Waals surface area contributed by atoms with Gasteiger partial charge in [-0.25, -0.2) is 4.39 Å². The molecule has 1 saturated heterocycles. The van der Waals surface area contributed by atoms with E-state index in [0.29, 0.717) is 16.8 Å². The standard InChI is InChI=1S/C15H22FN5OS2/c16-13-3-1-12(2-4-13)11-18-15(24)20-19-14(23)17-5-6-21-7-9-22-10-8-21/h1-4H,5-11H2,(H2,17,19,23)(H2,18,20,24)/p+1. The van der Waals surface area contributed by atoms with Crippen molar-refractivity contribution in [1.82, 2.24) is 21.5 Å². The molecule has 1 heterocycles. The van der Waals surface area contributed by atoms with Gasteiger partial charge in [0.1, 0.15) is 18.9 Å². The molecule has 6 nitrogen and oxygen atoms in total. The van der Waals surface area contributed by atoms with Crippen LogP contribution in [0.3, 0.4) is 0 Å². The molecule has 24 heavy (non-hydrogen) atoms. The van der Waals surface area contributed by atoms with Gasteiger partial charge >= 0.3 is 0 Å². The van der Waals surface area contributed by atoms with Crippen LogP contribution in [0.4, 0.5) is 4.39 Å². The molecule has 0 radical (unpaired) electrons. The normalized spacial score (nSPS) is 14.7. The van der Waals surface area contributed by atoms with Gasteiger partial charge in [-0.2, -0.15) is 0 Å². The maximum Gasteiger partial charge on any atom is 0.185 e. The molecule has 0 saturated carbocycles. The lowest BCUT2D eigenvalue weighted by Crippen LogP contribution is -3.14. The molecule has 1 fully saturated rings. The van der Waals surface area contributed by atoms with E-state index in [1.165, 1.54) is 17.0 Å². The summed E-state index contributed by atoms with van der Waals surface area (Å²) in [7, 11) is 0. The first kappa shape index (κ1) is 18.8. The quantitative estimate of drug-likeness (QED) is 0.339. The van der Waals surface area contributed by atoms with Gasteiger partial charge in [-0.3, -0.25) is 10.9 Å².